The lowest BCUT2D eigenvalue weighted by molar-refractivity contribution is -0.120. The summed E-state index contributed by atoms with van der Waals surface area (Å²) in [5.41, 5.74) is 4.45. The van der Waals surface area contributed by atoms with Crippen LogP contribution >= 0.6 is 11.8 Å². The van der Waals surface area contributed by atoms with E-state index < -0.39 is 0 Å². The quantitative estimate of drug-likeness (QED) is 0.493. The molecule has 0 saturated carbocycles. The topological polar surface area (TPSA) is 58.4 Å². The summed E-state index contributed by atoms with van der Waals surface area (Å²) >= 11 is 2.03. The fourth-order valence-electron chi connectivity index (χ4n) is 2.23. The molecule has 1 aliphatic rings. The molecule has 1 heterocycles. The third kappa shape index (κ3) is 4.23. The third-order valence-electron chi connectivity index (χ3n) is 3.44. The summed E-state index contributed by atoms with van der Waals surface area (Å²) in [6.07, 6.45) is 0.341. The van der Waals surface area contributed by atoms with Gasteiger partial charge in [0, 0.05) is 30.6 Å². The Labute approximate surface area is 118 Å². The average molecular weight is 279 g/mol. The highest BCUT2D eigenvalue weighted by Crippen LogP contribution is 2.18. The van der Waals surface area contributed by atoms with Crippen LogP contribution in [0, 0.1) is 0 Å². The van der Waals surface area contributed by atoms with Crippen molar-refractivity contribution in [3.63, 3.8) is 0 Å². The van der Waals surface area contributed by atoms with E-state index in [0.29, 0.717) is 12.5 Å². The molecule has 104 valence electrons. The summed E-state index contributed by atoms with van der Waals surface area (Å²) in [6, 6.07) is 8.87. The van der Waals surface area contributed by atoms with Gasteiger partial charge in [-0.2, -0.15) is 11.8 Å². The van der Waals surface area contributed by atoms with E-state index in [1.165, 1.54) is 17.1 Å². The zero-order chi connectivity index (χ0) is 13.7. The number of benzene rings is 1. The fraction of sp³-hybridized carbons (Fsp3) is 0.500. The van der Waals surface area contributed by atoms with E-state index in [2.05, 4.69) is 29.4 Å². The van der Waals surface area contributed by atoms with E-state index in [0.717, 1.165) is 18.7 Å². The normalized spacial score (nSPS) is 20.2. The number of hydrogen-bond acceptors (Lipinski definition) is 4. The van der Waals surface area contributed by atoms with Gasteiger partial charge in [-0.3, -0.25) is 15.1 Å². The maximum atomic E-state index is 11.2. The first-order chi connectivity index (χ1) is 9.19. The minimum atomic E-state index is -0.158. The van der Waals surface area contributed by atoms with Crippen LogP contribution in [0.5, 0.6) is 0 Å². The number of nitrogens with one attached hydrogen (secondary N) is 1. The zero-order valence-corrected chi connectivity index (χ0v) is 12.1. The molecule has 1 fully saturated rings. The minimum Gasteiger partial charge on any atom is -0.295 e. The van der Waals surface area contributed by atoms with Crippen LogP contribution in [0.3, 0.4) is 0 Å². The van der Waals surface area contributed by atoms with Gasteiger partial charge in [0.2, 0.25) is 5.91 Å². The molecule has 5 heteroatoms. The van der Waals surface area contributed by atoms with Gasteiger partial charge in [0.25, 0.3) is 0 Å². The molecule has 1 aromatic rings. The van der Waals surface area contributed by atoms with E-state index in [-0.39, 0.29) is 5.91 Å². The predicted molar refractivity (Wildman–Crippen MR) is 79.7 cm³/mol. The lowest BCUT2D eigenvalue weighted by Gasteiger charge is -2.33. The lowest BCUT2D eigenvalue weighted by Crippen LogP contribution is -2.39. The summed E-state index contributed by atoms with van der Waals surface area (Å²) < 4.78 is 0. The van der Waals surface area contributed by atoms with Crippen molar-refractivity contribution < 1.29 is 4.79 Å². The van der Waals surface area contributed by atoms with Crippen LogP contribution in [0.2, 0.25) is 0 Å². The lowest BCUT2D eigenvalue weighted by atomic mass is 10.1. The van der Waals surface area contributed by atoms with Crippen LogP contribution < -0.4 is 11.3 Å². The molecule has 0 bridgehead atoms. The first kappa shape index (κ1) is 14.4. The Morgan fingerprint density at radius 1 is 1.42 bits per heavy atom. The highest BCUT2D eigenvalue weighted by molar-refractivity contribution is 7.99. The molecule has 1 aliphatic heterocycles. The Balaban J connectivity index is 1.92. The Bertz CT molecular complexity index is 421. The van der Waals surface area contributed by atoms with Gasteiger partial charge in [0.15, 0.2) is 0 Å². The molecule has 1 unspecified atom stereocenters. The second kappa shape index (κ2) is 6.93. The maximum Gasteiger partial charge on any atom is 0.238 e. The number of thioether (sulfide) groups is 1. The molecule has 0 aromatic heterocycles. The Hall–Kier alpha value is -1.04. The molecule has 1 aromatic carbocycles. The average Bonchev–Trinajstić information content (AvgIpc) is 2.43. The highest BCUT2D eigenvalue weighted by atomic mass is 32.2. The molecule has 3 N–H and O–H groups in total. The number of rotatable bonds is 4. The Morgan fingerprint density at radius 2 is 2.11 bits per heavy atom. The van der Waals surface area contributed by atoms with Crippen molar-refractivity contribution in [2.45, 2.75) is 25.9 Å². The number of nitrogens with zero attached hydrogens (tertiary/aromatic N) is 1. The molecule has 4 nitrogen and oxygen atoms in total. The van der Waals surface area contributed by atoms with Crippen molar-refractivity contribution >= 4 is 17.7 Å². The first-order valence-corrected chi connectivity index (χ1v) is 7.73. The van der Waals surface area contributed by atoms with Crippen molar-refractivity contribution in [1.82, 2.24) is 10.3 Å². The molecule has 1 saturated heterocycles. The van der Waals surface area contributed by atoms with Gasteiger partial charge in [-0.1, -0.05) is 24.3 Å². The van der Waals surface area contributed by atoms with Crippen LogP contribution in [-0.2, 0) is 17.8 Å². The van der Waals surface area contributed by atoms with E-state index in [9.17, 15) is 4.79 Å². The summed E-state index contributed by atoms with van der Waals surface area (Å²) in [6.45, 7) is 4.43. The summed E-state index contributed by atoms with van der Waals surface area (Å²) in [7, 11) is 0. The molecular weight excluding hydrogens is 258 g/mol. The van der Waals surface area contributed by atoms with Crippen molar-refractivity contribution in [2.75, 3.05) is 18.1 Å². The van der Waals surface area contributed by atoms with Gasteiger partial charge in [-0.25, -0.2) is 5.84 Å². The molecule has 19 heavy (non-hydrogen) atoms. The van der Waals surface area contributed by atoms with Gasteiger partial charge in [-0.15, -0.1) is 0 Å². The Morgan fingerprint density at radius 3 is 2.74 bits per heavy atom. The molecule has 2 rings (SSSR count). The first-order valence-electron chi connectivity index (χ1n) is 6.58. The molecule has 0 radical (unpaired) electrons. The smallest absolute Gasteiger partial charge is 0.238 e. The van der Waals surface area contributed by atoms with Gasteiger partial charge in [-0.05, 0) is 18.1 Å². The number of carbonyl (C=O) groups is 1. The van der Waals surface area contributed by atoms with Gasteiger partial charge in [0.1, 0.15) is 0 Å². The molecular formula is C14H21N3OS. The van der Waals surface area contributed by atoms with E-state index >= 15 is 0 Å². The monoisotopic (exact) mass is 279 g/mol. The molecule has 1 amide bonds. The number of nitrogens with two attached hydrogens (primary N) is 1. The van der Waals surface area contributed by atoms with E-state index in [4.69, 9.17) is 5.84 Å². The SMILES string of the molecule is CC1CSCCN1Cc1ccc(CC(=O)NN)cc1. The van der Waals surface area contributed by atoms with Gasteiger partial charge >= 0.3 is 0 Å². The fourth-order valence-corrected chi connectivity index (χ4v) is 3.31. The molecule has 0 spiro atoms. The predicted octanol–water partition coefficient (Wildman–Crippen LogP) is 1.16. The number of carbonyl (C=O) groups excluding carboxylic acids is 1. The number of amides is 1. The maximum absolute atomic E-state index is 11.2. The van der Waals surface area contributed by atoms with Crippen LogP contribution in [0.15, 0.2) is 24.3 Å². The van der Waals surface area contributed by atoms with Gasteiger partial charge in [0.05, 0.1) is 6.42 Å². The van der Waals surface area contributed by atoms with Crippen LogP contribution in [-0.4, -0.2) is 34.9 Å². The third-order valence-corrected chi connectivity index (χ3v) is 4.63. The second-order valence-corrected chi connectivity index (χ2v) is 6.11. The molecule has 1 atom stereocenters. The van der Waals surface area contributed by atoms with E-state index in [1.807, 2.05) is 23.9 Å². The number of hydrogen-bond donors (Lipinski definition) is 2. The second-order valence-electron chi connectivity index (χ2n) is 4.96. The van der Waals surface area contributed by atoms with Crippen LogP contribution in [0.4, 0.5) is 0 Å². The van der Waals surface area contributed by atoms with Gasteiger partial charge < -0.3 is 0 Å². The number of hydrazine groups is 1. The largest absolute Gasteiger partial charge is 0.295 e. The Kier molecular flexibility index (Phi) is 5.24. The summed E-state index contributed by atoms with van der Waals surface area (Å²) in [4.78, 5) is 13.7. The molecule has 0 aliphatic carbocycles. The standard InChI is InChI=1S/C14H21N3OS/c1-11-10-19-7-6-17(11)9-13-4-2-12(3-5-13)8-14(18)16-15/h2-5,11H,6-10,15H2,1H3,(H,16,18). The summed E-state index contributed by atoms with van der Waals surface area (Å²) in [5.74, 6) is 7.36. The van der Waals surface area contributed by atoms with Crippen LogP contribution in [0.1, 0.15) is 18.1 Å². The van der Waals surface area contributed by atoms with E-state index in [1.54, 1.807) is 0 Å². The van der Waals surface area contributed by atoms with Crippen molar-refractivity contribution in [3.8, 4) is 0 Å². The summed E-state index contributed by atoms with van der Waals surface area (Å²) in [5, 5.41) is 0. The van der Waals surface area contributed by atoms with Crippen LogP contribution in [0.25, 0.3) is 0 Å². The minimum absolute atomic E-state index is 0.158. The van der Waals surface area contributed by atoms with Crippen molar-refractivity contribution in [3.05, 3.63) is 35.4 Å². The van der Waals surface area contributed by atoms with Crippen molar-refractivity contribution in [2.24, 2.45) is 5.84 Å². The zero-order valence-electron chi connectivity index (χ0n) is 11.3. The van der Waals surface area contributed by atoms with Crippen molar-refractivity contribution in [1.29, 1.82) is 0 Å². The highest BCUT2D eigenvalue weighted by Gasteiger charge is 2.18.